The number of hydrogen-bond acceptors (Lipinski definition) is 2. The Bertz CT molecular complexity index is 297. The van der Waals surface area contributed by atoms with Gasteiger partial charge in [0.25, 0.3) is 0 Å². The molecular weight excluding hydrogens is 232 g/mol. The van der Waals surface area contributed by atoms with Crippen LogP contribution < -0.4 is 5.73 Å². The fourth-order valence-electron chi connectivity index (χ4n) is 6.51. The van der Waals surface area contributed by atoms with Crippen LogP contribution in [0.5, 0.6) is 0 Å². The topological polar surface area (TPSA) is 29.3 Å². The maximum atomic E-state index is 6.14. The molecule has 5 rings (SSSR count). The van der Waals surface area contributed by atoms with E-state index in [0.717, 1.165) is 24.3 Å². The van der Waals surface area contributed by atoms with Crippen LogP contribution in [0.15, 0.2) is 0 Å². The van der Waals surface area contributed by atoms with Crippen LogP contribution in [0, 0.1) is 23.2 Å². The van der Waals surface area contributed by atoms with Crippen molar-refractivity contribution in [1.29, 1.82) is 0 Å². The Morgan fingerprint density at radius 1 is 0.947 bits per heavy atom. The molecule has 5 fully saturated rings. The predicted molar refractivity (Wildman–Crippen MR) is 78.9 cm³/mol. The monoisotopic (exact) mass is 262 g/mol. The maximum Gasteiger partial charge on any atom is 0.0223 e. The van der Waals surface area contributed by atoms with Gasteiger partial charge < -0.3 is 5.73 Å². The van der Waals surface area contributed by atoms with Gasteiger partial charge in [0.2, 0.25) is 0 Å². The highest BCUT2D eigenvalue weighted by Crippen LogP contribution is 2.61. The van der Waals surface area contributed by atoms with Gasteiger partial charge in [-0.3, -0.25) is 4.90 Å². The fourth-order valence-corrected chi connectivity index (χ4v) is 6.51. The molecule has 4 saturated carbocycles. The van der Waals surface area contributed by atoms with Gasteiger partial charge in [-0.25, -0.2) is 0 Å². The van der Waals surface area contributed by atoms with Crippen molar-refractivity contribution < 1.29 is 0 Å². The summed E-state index contributed by atoms with van der Waals surface area (Å²) < 4.78 is 0. The summed E-state index contributed by atoms with van der Waals surface area (Å²) >= 11 is 0. The summed E-state index contributed by atoms with van der Waals surface area (Å²) in [7, 11) is 0. The summed E-state index contributed by atoms with van der Waals surface area (Å²) in [6.45, 7) is 3.52. The van der Waals surface area contributed by atoms with E-state index in [1.54, 1.807) is 38.5 Å². The lowest BCUT2D eigenvalue weighted by Gasteiger charge is -2.58. The molecule has 0 aromatic heterocycles. The largest absolute Gasteiger partial charge is 0.329 e. The maximum absolute atomic E-state index is 6.14. The van der Waals surface area contributed by atoms with E-state index in [-0.39, 0.29) is 0 Å². The zero-order chi connectivity index (χ0) is 12.9. The highest BCUT2D eigenvalue weighted by atomic mass is 15.2. The standard InChI is InChI=1S/C17H30N2/c18-12-16(19-3-1-2-4-19)11-17-8-13-5-14(9-17)7-15(6-13)10-17/h13-16H,1-12,18H2. The van der Waals surface area contributed by atoms with E-state index < -0.39 is 0 Å². The molecule has 0 radical (unpaired) electrons. The van der Waals surface area contributed by atoms with Crippen molar-refractivity contribution in [3.63, 3.8) is 0 Å². The molecule has 1 saturated heterocycles. The van der Waals surface area contributed by atoms with Crippen molar-refractivity contribution in [2.75, 3.05) is 19.6 Å². The van der Waals surface area contributed by atoms with Crippen LogP contribution in [-0.4, -0.2) is 30.6 Å². The first-order valence-corrected chi connectivity index (χ1v) is 8.70. The Kier molecular flexibility index (Phi) is 3.15. The third-order valence-corrected chi connectivity index (χ3v) is 6.76. The molecule has 19 heavy (non-hydrogen) atoms. The van der Waals surface area contributed by atoms with Gasteiger partial charge in [0.05, 0.1) is 0 Å². The number of likely N-dealkylation sites (tertiary alicyclic amines) is 1. The Hall–Kier alpha value is -0.0800. The zero-order valence-electron chi connectivity index (χ0n) is 12.3. The molecule has 108 valence electrons. The van der Waals surface area contributed by atoms with Crippen molar-refractivity contribution in [2.24, 2.45) is 28.9 Å². The highest BCUT2D eigenvalue weighted by Gasteiger charge is 2.51. The van der Waals surface area contributed by atoms with Crippen molar-refractivity contribution in [3.8, 4) is 0 Å². The average Bonchev–Trinajstić information content (AvgIpc) is 2.88. The quantitative estimate of drug-likeness (QED) is 0.844. The summed E-state index contributed by atoms with van der Waals surface area (Å²) in [4.78, 5) is 2.71. The molecule has 1 atom stereocenters. The molecule has 2 nitrogen and oxygen atoms in total. The molecule has 2 heteroatoms. The van der Waals surface area contributed by atoms with Gasteiger partial charge in [-0.2, -0.15) is 0 Å². The van der Waals surface area contributed by atoms with Crippen LogP contribution in [0.2, 0.25) is 0 Å². The predicted octanol–water partition coefficient (Wildman–Crippen LogP) is 3.02. The molecule has 0 spiro atoms. The lowest BCUT2D eigenvalue weighted by molar-refractivity contribution is -0.0679. The Labute approximate surface area is 118 Å². The first kappa shape index (κ1) is 12.6. The highest BCUT2D eigenvalue weighted by molar-refractivity contribution is 5.03. The Morgan fingerprint density at radius 2 is 1.47 bits per heavy atom. The summed E-state index contributed by atoms with van der Waals surface area (Å²) in [5, 5.41) is 0. The van der Waals surface area contributed by atoms with E-state index in [4.69, 9.17) is 5.73 Å². The molecule has 1 unspecified atom stereocenters. The molecule has 4 bridgehead atoms. The van der Waals surface area contributed by atoms with Gasteiger partial charge in [0.15, 0.2) is 0 Å². The SMILES string of the molecule is NCC(CC12CC3CC(CC(C3)C1)C2)N1CCCC1. The van der Waals surface area contributed by atoms with Crippen molar-refractivity contribution in [3.05, 3.63) is 0 Å². The molecule has 2 N–H and O–H groups in total. The van der Waals surface area contributed by atoms with Gasteiger partial charge in [0, 0.05) is 12.6 Å². The van der Waals surface area contributed by atoms with E-state index in [1.165, 1.54) is 32.4 Å². The average molecular weight is 262 g/mol. The summed E-state index contributed by atoms with van der Waals surface area (Å²) in [5.74, 6) is 3.26. The third-order valence-electron chi connectivity index (χ3n) is 6.76. The minimum atomic E-state index is 0.693. The first-order valence-electron chi connectivity index (χ1n) is 8.70. The molecular formula is C17H30N2. The van der Waals surface area contributed by atoms with Crippen molar-refractivity contribution >= 4 is 0 Å². The van der Waals surface area contributed by atoms with Gasteiger partial charge in [-0.1, -0.05) is 0 Å². The van der Waals surface area contributed by atoms with E-state index >= 15 is 0 Å². The summed E-state index contributed by atoms with van der Waals surface area (Å²) in [6, 6.07) is 0.693. The second-order valence-corrected chi connectivity index (χ2v) is 8.25. The lowest BCUT2D eigenvalue weighted by atomic mass is 9.48. The van der Waals surface area contributed by atoms with E-state index in [0.29, 0.717) is 11.5 Å². The Morgan fingerprint density at radius 3 is 1.95 bits per heavy atom. The molecule has 0 aromatic rings. The zero-order valence-corrected chi connectivity index (χ0v) is 12.3. The van der Waals surface area contributed by atoms with E-state index in [9.17, 15) is 0 Å². The van der Waals surface area contributed by atoms with Crippen LogP contribution >= 0.6 is 0 Å². The second kappa shape index (κ2) is 4.73. The van der Waals surface area contributed by atoms with E-state index in [2.05, 4.69) is 4.90 Å². The molecule has 1 heterocycles. The van der Waals surface area contributed by atoms with Crippen molar-refractivity contribution in [1.82, 2.24) is 4.90 Å². The minimum absolute atomic E-state index is 0.693. The van der Waals surface area contributed by atoms with Gasteiger partial charge in [-0.05, 0) is 94.0 Å². The first-order chi connectivity index (χ1) is 9.26. The van der Waals surface area contributed by atoms with Crippen LogP contribution in [0.4, 0.5) is 0 Å². The molecule has 1 aliphatic heterocycles. The normalized spacial score (nSPS) is 46.9. The third kappa shape index (κ3) is 2.25. The number of nitrogens with zero attached hydrogens (tertiary/aromatic N) is 1. The molecule has 5 aliphatic rings. The molecule has 4 aliphatic carbocycles. The van der Waals surface area contributed by atoms with Crippen LogP contribution in [0.3, 0.4) is 0 Å². The number of nitrogens with two attached hydrogens (primary N) is 1. The summed E-state index contributed by atoms with van der Waals surface area (Å²) in [6.07, 6.45) is 13.6. The number of rotatable bonds is 4. The van der Waals surface area contributed by atoms with Gasteiger partial charge in [-0.15, -0.1) is 0 Å². The molecule has 0 amide bonds. The lowest BCUT2D eigenvalue weighted by Crippen LogP contribution is -2.50. The second-order valence-electron chi connectivity index (χ2n) is 8.25. The number of hydrogen-bond donors (Lipinski definition) is 1. The van der Waals surface area contributed by atoms with Gasteiger partial charge in [0.1, 0.15) is 0 Å². The van der Waals surface area contributed by atoms with E-state index in [1.807, 2.05) is 0 Å². The molecule has 0 aromatic carbocycles. The Balaban J connectivity index is 1.48. The van der Waals surface area contributed by atoms with Crippen LogP contribution in [-0.2, 0) is 0 Å². The smallest absolute Gasteiger partial charge is 0.0223 e. The fraction of sp³-hybridized carbons (Fsp3) is 1.00. The minimum Gasteiger partial charge on any atom is -0.329 e. The van der Waals surface area contributed by atoms with Gasteiger partial charge >= 0.3 is 0 Å². The van der Waals surface area contributed by atoms with Crippen LogP contribution in [0.25, 0.3) is 0 Å². The van der Waals surface area contributed by atoms with Crippen LogP contribution in [0.1, 0.15) is 57.8 Å². The summed E-state index contributed by atoms with van der Waals surface area (Å²) in [5.41, 5.74) is 6.85. The van der Waals surface area contributed by atoms with Crippen molar-refractivity contribution in [2.45, 2.75) is 63.8 Å².